The normalized spacial score (nSPS) is 11.3. The van der Waals surface area contributed by atoms with Crippen LogP contribution in [0.15, 0.2) is 40.1 Å². The Hall–Kier alpha value is -2.94. The van der Waals surface area contributed by atoms with Crippen LogP contribution in [0.1, 0.15) is 11.1 Å². The van der Waals surface area contributed by atoms with E-state index in [4.69, 9.17) is 0 Å². The van der Waals surface area contributed by atoms with Gasteiger partial charge in [-0.3, -0.25) is 10.1 Å². The molecule has 0 fully saturated rings. The summed E-state index contributed by atoms with van der Waals surface area (Å²) in [5.74, 6) is 0.0503. The summed E-state index contributed by atoms with van der Waals surface area (Å²) in [6, 6.07) is 4.29. The molecule has 0 bridgehead atoms. The average Bonchev–Trinajstić information content (AvgIpc) is 2.91. The summed E-state index contributed by atoms with van der Waals surface area (Å²) in [5.41, 5.74) is 1.85. The molecule has 0 atom stereocenters. The van der Waals surface area contributed by atoms with Crippen LogP contribution in [-0.2, 0) is 6.54 Å². The van der Waals surface area contributed by atoms with Gasteiger partial charge < -0.3 is 5.11 Å². The van der Waals surface area contributed by atoms with Crippen molar-refractivity contribution in [1.82, 2.24) is 9.97 Å². The molecule has 0 radical (unpaired) electrons. The molecule has 9 heteroatoms. The highest BCUT2D eigenvalue weighted by Gasteiger charge is 2.16. The summed E-state index contributed by atoms with van der Waals surface area (Å²) >= 11 is 1.48. The van der Waals surface area contributed by atoms with Crippen molar-refractivity contribution < 1.29 is 10.0 Å². The monoisotopic (exact) mass is 329 g/mol. The smallest absolute Gasteiger partial charge is 0.311 e. The van der Waals surface area contributed by atoms with Gasteiger partial charge in [0.05, 0.1) is 21.7 Å². The third-order valence-corrected chi connectivity index (χ3v) is 4.30. The molecule has 3 aromatic rings. The van der Waals surface area contributed by atoms with Crippen molar-refractivity contribution in [2.24, 2.45) is 10.2 Å². The number of phenols is 1. The number of rotatable bonds is 4. The molecule has 0 unspecified atom stereocenters. The van der Waals surface area contributed by atoms with Crippen LogP contribution in [0.4, 0.5) is 11.5 Å². The number of nitro groups is 1. The first-order chi connectivity index (χ1) is 11.1. The van der Waals surface area contributed by atoms with Crippen molar-refractivity contribution in [3.8, 4) is 5.75 Å². The third kappa shape index (κ3) is 2.86. The van der Waals surface area contributed by atoms with Crippen molar-refractivity contribution in [2.75, 3.05) is 0 Å². The first-order valence-electron chi connectivity index (χ1n) is 6.59. The van der Waals surface area contributed by atoms with E-state index in [1.54, 1.807) is 6.07 Å². The van der Waals surface area contributed by atoms with Gasteiger partial charge >= 0.3 is 5.69 Å². The summed E-state index contributed by atoms with van der Waals surface area (Å²) in [5, 5.41) is 30.7. The van der Waals surface area contributed by atoms with E-state index in [1.807, 2.05) is 12.3 Å². The largest absolute Gasteiger partial charge is 0.502 e. The third-order valence-electron chi connectivity index (χ3n) is 3.21. The van der Waals surface area contributed by atoms with Crippen molar-refractivity contribution in [1.29, 1.82) is 0 Å². The quantitative estimate of drug-likeness (QED) is 0.443. The number of fused-ring (bicyclic) bond motifs is 1. The van der Waals surface area contributed by atoms with Crippen LogP contribution in [0.5, 0.6) is 5.75 Å². The minimum absolute atomic E-state index is 0.0172. The lowest BCUT2D eigenvalue weighted by molar-refractivity contribution is -0.385. The Kier molecular flexibility index (Phi) is 3.94. The number of aromatic hydroxyl groups is 1. The number of nitro benzene ring substituents is 1. The number of hydrogen-bond acceptors (Lipinski definition) is 8. The zero-order chi connectivity index (χ0) is 16.4. The Morgan fingerprint density at radius 2 is 2.22 bits per heavy atom. The molecule has 0 saturated carbocycles. The maximum atomic E-state index is 10.8. The van der Waals surface area contributed by atoms with Crippen LogP contribution in [0, 0.1) is 17.0 Å². The lowest BCUT2D eigenvalue weighted by Gasteiger charge is -2.01. The highest BCUT2D eigenvalue weighted by Crippen LogP contribution is 2.32. The fraction of sp³-hybridized carbons (Fsp3) is 0.143. The van der Waals surface area contributed by atoms with Gasteiger partial charge in [-0.15, -0.1) is 16.5 Å². The number of aryl methyl sites for hydroxylation is 1. The Labute approximate surface area is 134 Å². The zero-order valence-corrected chi connectivity index (χ0v) is 12.8. The van der Waals surface area contributed by atoms with E-state index in [2.05, 4.69) is 20.2 Å². The summed E-state index contributed by atoms with van der Waals surface area (Å²) < 4.78 is 0.831. The van der Waals surface area contributed by atoms with Crippen LogP contribution in [0.3, 0.4) is 0 Å². The molecule has 1 aromatic carbocycles. The van der Waals surface area contributed by atoms with Gasteiger partial charge in [-0.05, 0) is 17.9 Å². The maximum Gasteiger partial charge on any atom is 0.311 e. The summed E-state index contributed by atoms with van der Waals surface area (Å²) in [4.78, 5) is 18.4. The molecule has 8 nitrogen and oxygen atoms in total. The summed E-state index contributed by atoms with van der Waals surface area (Å²) in [6.07, 6.45) is 1.42. The Balaban J connectivity index is 1.87. The number of benzene rings is 1. The second-order valence-electron chi connectivity index (χ2n) is 4.74. The van der Waals surface area contributed by atoms with Crippen molar-refractivity contribution in [3.05, 3.63) is 51.1 Å². The second-order valence-corrected chi connectivity index (χ2v) is 5.61. The molecule has 0 aliphatic heterocycles. The minimum atomic E-state index is -0.641. The summed E-state index contributed by atoms with van der Waals surface area (Å²) in [6.45, 7) is 1.97. The van der Waals surface area contributed by atoms with E-state index in [-0.39, 0.29) is 12.2 Å². The van der Waals surface area contributed by atoms with Gasteiger partial charge in [0.15, 0.2) is 11.6 Å². The predicted molar refractivity (Wildman–Crippen MR) is 85.1 cm³/mol. The van der Waals surface area contributed by atoms with E-state index in [9.17, 15) is 15.2 Å². The van der Waals surface area contributed by atoms with E-state index >= 15 is 0 Å². The van der Waals surface area contributed by atoms with Gasteiger partial charge in [0.25, 0.3) is 0 Å². The molecule has 0 spiro atoms. The van der Waals surface area contributed by atoms with E-state index in [0.29, 0.717) is 11.4 Å². The molecule has 2 heterocycles. The summed E-state index contributed by atoms with van der Waals surface area (Å²) in [7, 11) is 0. The number of para-hydroxylation sites is 1. The Morgan fingerprint density at radius 1 is 1.39 bits per heavy atom. The lowest BCUT2D eigenvalue weighted by atomic mass is 10.2. The van der Waals surface area contributed by atoms with Crippen LogP contribution >= 0.6 is 11.3 Å². The molecule has 2 aromatic heterocycles. The second kappa shape index (κ2) is 6.05. The van der Waals surface area contributed by atoms with Gasteiger partial charge in [0, 0.05) is 11.6 Å². The van der Waals surface area contributed by atoms with Crippen LogP contribution in [-0.4, -0.2) is 20.0 Å². The molecule has 0 aliphatic rings. The topological polar surface area (TPSA) is 114 Å². The number of aromatic nitrogens is 2. The number of nitrogens with zero attached hydrogens (tertiary/aromatic N) is 5. The number of thiophene rings is 1. The van der Waals surface area contributed by atoms with Crippen LogP contribution < -0.4 is 0 Å². The lowest BCUT2D eigenvalue weighted by Crippen LogP contribution is -1.91. The minimum Gasteiger partial charge on any atom is -0.502 e. The molecule has 0 aliphatic carbocycles. The van der Waals surface area contributed by atoms with Crippen molar-refractivity contribution in [2.45, 2.75) is 13.5 Å². The number of azo groups is 1. The zero-order valence-electron chi connectivity index (χ0n) is 12.0. The predicted octanol–water partition coefficient (Wildman–Crippen LogP) is 3.90. The van der Waals surface area contributed by atoms with Gasteiger partial charge in [0.1, 0.15) is 6.33 Å². The number of hydrogen-bond donors (Lipinski definition) is 1. The fourth-order valence-corrected chi connectivity index (χ4v) is 2.99. The van der Waals surface area contributed by atoms with Crippen LogP contribution in [0.25, 0.3) is 10.2 Å². The standard InChI is InChI=1S/C14H11N5O3S/c1-8-6-23-13-11(8)15-7-16-14(13)18-17-5-9-3-2-4-10(12(9)20)19(21)22/h2-4,6-7,20H,5H2,1H3. The van der Waals surface area contributed by atoms with Crippen LogP contribution in [0.2, 0.25) is 0 Å². The van der Waals surface area contributed by atoms with Gasteiger partial charge in [0.2, 0.25) is 0 Å². The molecule has 1 N–H and O–H groups in total. The Bertz CT molecular complexity index is 922. The van der Waals surface area contributed by atoms with Gasteiger partial charge in [-0.1, -0.05) is 12.1 Å². The first kappa shape index (κ1) is 15.0. The molecule has 116 valence electrons. The molecular weight excluding hydrogens is 318 g/mol. The first-order valence-corrected chi connectivity index (χ1v) is 7.47. The van der Waals surface area contributed by atoms with Crippen molar-refractivity contribution >= 4 is 33.1 Å². The molecular formula is C14H11N5O3S. The van der Waals surface area contributed by atoms with Crippen molar-refractivity contribution in [3.63, 3.8) is 0 Å². The molecule has 3 rings (SSSR count). The molecule has 0 saturated heterocycles. The van der Waals surface area contributed by atoms with Gasteiger partial charge in [-0.2, -0.15) is 5.11 Å². The highest BCUT2D eigenvalue weighted by atomic mass is 32.1. The average molecular weight is 329 g/mol. The maximum absolute atomic E-state index is 10.8. The van der Waals surface area contributed by atoms with E-state index in [1.165, 1.54) is 29.8 Å². The molecule has 23 heavy (non-hydrogen) atoms. The van der Waals surface area contributed by atoms with E-state index in [0.717, 1.165) is 15.8 Å². The van der Waals surface area contributed by atoms with E-state index < -0.39 is 10.7 Å². The highest BCUT2D eigenvalue weighted by molar-refractivity contribution is 7.17. The van der Waals surface area contributed by atoms with Gasteiger partial charge in [-0.25, -0.2) is 9.97 Å². The number of phenolic OH excluding ortho intramolecular Hbond substituents is 1. The molecule has 0 amide bonds. The Morgan fingerprint density at radius 3 is 3.00 bits per heavy atom. The fourth-order valence-electron chi connectivity index (χ4n) is 2.06. The SMILES string of the molecule is Cc1csc2c(N=NCc3cccc([N+](=O)[O-])c3O)ncnc12.